The molecule has 25 heavy (non-hydrogen) atoms. The van der Waals surface area contributed by atoms with Gasteiger partial charge in [-0.3, -0.25) is 0 Å². The zero-order valence-electron chi connectivity index (χ0n) is 13.3. The molecule has 0 radical (unpaired) electrons. The maximum absolute atomic E-state index is 12.0. The second-order valence-electron chi connectivity index (χ2n) is 4.76. The summed E-state index contributed by atoms with van der Waals surface area (Å²) in [5, 5.41) is 5.90. The molecule has 0 bridgehead atoms. The van der Waals surface area contributed by atoms with Crippen LogP contribution in [0.4, 0.5) is 10.5 Å². The summed E-state index contributed by atoms with van der Waals surface area (Å²) in [6.07, 6.45) is 0. The number of halogens is 2. The van der Waals surface area contributed by atoms with E-state index in [2.05, 4.69) is 10.6 Å². The Morgan fingerprint density at radius 2 is 1.88 bits per heavy atom. The Morgan fingerprint density at radius 3 is 2.60 bits per heavy atom. The van der Waals surface area contributed by atoms with Crippen LogP contribution in [0.5, 0.6) is 5.75 Å². The Labute approximate surface area is 155 Å². The van der Waals surface area contributed by atoms with E-state index in [9.17, 15) is 9.59 Å². The van der Waals surface area contributed by atoms with Crippen LogP contribution in [0.1, 0.15) is 17.3 Å². The molecule has 0 aliphatic heterocycles. The van der Waals surface area contributed by atoms with Crippen molar-refractivity contribution < 1.29 is 19.1 Å². The van der Waals surface area contributed by atoms with E-state index in [1.165, 1.54) is 6.07 Å². The van der Waals surface area contributed by atoms with E-state index in [0.29, 0.717) is 21.5 Å². The van der Waals surface area contributed by atoms with Gasteiger partial charge in [-0.1, -0.05) is 35.3 Å². The van der Waals surface area contributed by atoms with Gasteiger partial charge in [0.05, 0.1) is 22.9 Å². The fourth-order valence-corrected chi connectivity index (χ4v) is 2.38. The van der Waals surface area contributed by atoms with Crippen molar-refractivity contribution in [2.45, 2.75) is 6.92 Å². The van der Waals surface area contributed by atoms with Crippen LogP contribution in [0.2, 0.25) is 10.0 Å². The van der Waals surface area contributed by atoms with Crippen LogP contribution in [0, 0.1) is 0 Å². The van der Waals surface area contributed by atoms with Crippen molar-refractivity contribution >= 4 is 40.9 Å². The molecule has 0 saturated heterocycles. The summed E-state index contributed by atoms with van der Waals surface area (Å²) in [5.74, 6) is -0.124. The lowest BCUT2D eigenvalue weighted by atomic mass is 10.2. The normalized spacial score (nSPS) is 10.0. The minimum Gasteiger partial charge on any atom is -0.472 e. The van der Waals surface area contributed by atoms with Crippen molar-refractivity contribution in [2.75, 3.05) is 18.7 Å². The van der Waals surface area contributed by atoms with E-state index in [4.69, 9.17) is 32.7 Å². The van der Waals surface area contributed by atoms with E-state index in [-0.39, 0.29) is 18.9 Å². The summed E-state index contributed by atoms with van der Waals surface area (Å²) in [7, 11) is 0. The Balaban J connectivity index is 1.91. The molecular formula is C17H16Cl2N2O4. The monoisotopic (exact) mass is 382 g/mol. The Morgan fingerprint density at radius 1 is 1.12 bits per heavy atom. The number of esters is 1. The number of hydrogen-bond acceptors (Lipinski definition) is 4. The average Bonchev–Trinajstić information content (AvgIpc) is 2.57. The molecule has 2 rings (SSSR count). The molecule has 2 amide bonds. The van der Waals surface area contributed by atoms with E-state index in [1.807, 2.05) is 0 Å². The standard InChI is InChI=1S/C17H16Cl2N2O4/c1-2-24-16(22)12-5-3-4-6-14(12)21-17(23)20-10-25-15-8-7-11(18)9-13(15)19/h3-9H,2,10H2,1H3,(H2,20,21,23). The van der Waals surface area contributed by atoms with E-state index in [1.54, 1.807) is 43.3 Å². The molecule has 0 spiro atoms. The van der Waals surface area contributed by atoms with Gasteiger partial charge in [0.1, 0.15) is 5.75 Å². The van der Waals surface area contributed by atoms with E-state index < -0.39 is 12.0 Å². The van der Waals surface area contributed by atoms with Crippen LogP contribution in [0.3, 0.4) is 0 Å². The van der Waals surface area contributed by atoms with Crippen LogP contribution in [0.25, 0.3) is 0 Å². The molecule has 0 unspecified atom stereocenters. The summed E-state index contributed by atoms with van der Waals surface area (Å²) < 4.78 is 10.3. The fourth-order valence-electron chi connectivity index (χ4n) is 1.92. The summed E-state index contributed by atoms with van der Waals surface area (Å²) in [6, 6.07) is 10.8. The maximum atomic E-state index is 12.0. The average molecular weight is 383 g/mol. The van der Waals surface area contributed by atoms with E-state index in [0.717, 1.165) is 0 Å². The highest BCUT2D eigenvalue weighted by Gasteiger charge is 2.13. The van der Waals surface area contributed by atoms with Crippen molar-refractivity contribution in [1.29, 1.82) is 0 Å². The molecule has 6 nitrogen and oxygen atoms in total. The fraction of sp³-hybridized carbons (Fsp3) is 0.176. The van der Waals surface area contributed by atoms with Gasteiger partial charge in [-0.15, -0.1) is 0 Å². The van der Waals surface area contributed by atoms with Gasteiger partial charge >= 0.3 is 12.0 Å². The first-order valence-corrected chi connectivity index (χ1v) is 8.15. The summed E-state index contributed by atoms with van der Waals surface area (Å²) >= 11 is 11.8. The van der Waals surface area contributed by atoms with E-state index >= 15 is 0 Å². The molecule has 0 fully saturated rings. The van der Waals surface area contributed by atoms with Gasteiger partial charge in [-0.2, -0.15) is 0 Å². The predicted octanol–water partition coefficient (Wildman–Crippen LogP) is 4.33. The lowest BCUT2D eigenvalue weighted by Gasteiger charge is -2.12. The second kappa shape index (κ2) is 9.15. The maximum Gasteiger partial charge on any atom is 0.340 e. The summed E-state index contributed by atoms with van der Waals surface area (Å²) in [5.41, 5.74) is 0.601. The zero-order valence-corrected chi connectivity index (χ0v) is 14.9. The molecule has 0 saturated carbocycles. The topological polar surface area (TPSA) is 76.7 Å². The molecule has 8 heteroatoms. The van der Waals surface area contributed by atoms with Gasteiger partial charge in [-0.05, 0) is 37.3 Å². The smallest absolute Gasteiger partial charge is 0.340 e. The first-order valence-electron chi connectivity index (χ1n) is 7.40. The minimum absolute atomic E-state index is 0.116. The summed E-state index contributed by atoms with van der Waals surface area (Å²) in [6.45, 7) is 1.84. The number of rotatable bonds is 6. The largest absolute Gasteiger partial charge is 0.472 e. The van der Waals surface area contributed by atoms with Crippen molar-refractivity contribution in [3.05, 3.63) is 58.1 Å². The third kappa shape index (κ3) is 5.55. The number of carbonyl (C=O) groups excluding carboxylic acids is 2. The molecule has 132 valence electrons. The number of nitrogens with one attached hydrogen (secondary N) is 2. The number of hydrogen-bond donors (Lipinski definition) is 2. The zero-order chi connectivity index (χ0) is 18.2. The lowest BCUT2D eigenvalue weighted by molar-refractivity contribution is 0.0527. The molecule has 2 N–H and O–H groups in total. The number of urea groups is 1. The van der Waals surface area contributed by atoms with Crippen LogP contribution in [0.15, 0.2) is 42.5 Å². The van der Waals surface area contributed by atoms with Gasteiger partial charge in [0.15, 0.2) is 6.73 Å². The molecule has 0 aliphatic carbocycles. The van der Waals surface area contributed by atoms with Crippen molar-refractivity contribution in [1.82, 2.24) is 5.32 Å². The first kappa shape index (κ1) is 18.9. The Kier molecular flexibility index (Phi) is 6.91. The molecule has 2 aromatic carbocycles. The molecule has 0 heterocycles. The molecule has 0 atom stereocenters. The van der Waals surface area contributed by atoms with Crippen molar-refractivity contribution in [2.24, 2.45) is 0 Å². The SMILES string of the molecule is CCOC(=O)c1ccccc1NC(=O)NCOc1ccc(Cl)cc1Cl. The second-order valence-corrected chi connectivity index (χ2v) is 5.60. The van der Waals surface area contributed by atoms with Gasteiger partial charge in [0.2, 0.25) is 0 Å². The quantitative estimate of drug-likeness (QED) is 0.575. The highest BCUT2D eigenvalue weighted by molar-refractivity contribution is 6.35. The Bertz CT molecular complexity index is 768. The third-order valence-electron chi connectivity index (χ3n) is 3.02. The number of carbonyl (C=O) groups is 2. The number of para-hydroxylation sites is 1. The molecule has 2 aromatic rings. The number of anilines is 1. The van der Waals surface area contributed by atoms with Crippen LogP contribution >= 0.6 is 23.2 Å². The number of amides is 2. The predicted molar refractivity (Wildman–Crippen MR) is 96.5 cm³/mol. The Hall–Kier alpha value is -2.44. The van der Waals surface area contributed by atoms with Gasteiger partial charge in [-0.25, -0.2) is 9.59 Å². The number of benzene rings is 2. The van der Waals surface area contributed by atoms with Gasteiger partial charge in [0.25, 0.3) is 0 Å². The lowest BCUT2D eigenvalue weighted by Crippen LogP contribution is -2.32. The van der Waals surface area contributed by atoms with Crippen LogP contribution < -0.4 is 15.4 Å². The van der Waals surface area contributed by atoms with Gasteiger partial charge < -0.3 is 20.1 Å². The van der Waals surface area contributed by atoms with Crippen molar-refractivity contribution in [3.63, 3.8) is 0 Å². The highest BCUT2D eigenvalue weighted by atomic mass is 35.5. The molecule has 0 aliphatic rings. The van der Waals surface area contributed by atoms with Crippen LogP contribution in [-0.4, -0.2) is 25.3 Å². The minimum atomic E-state index is -0.540. The summed E-state index contributed by atoms with van der Waals surface area (Å²) in [4.78, 5) is 23.8. The van der Waals surface area contributed by atoms with Crippen molar-refractivity contribution in [3.8, 4) is 5.75 Å². The highest BCUT2D eigenvalue weighted by Crippen LogP contribution is 2.27. The van der Waals surface area contributed by atoms with Gasteiger partial charge in [0, 0.05) is 5.02 Å². The molecular weight excluding hydrogens is 367 g/mol. The van der Waals surface area contributed by atoms with Crippen LogP contribution in [-0.2, 0) is 4.74 Å². The third-order valence-corrected chi connectivity index (χ3v) is 3.56. The molecule has 0 aromatic heterocycles. The number of ether oxygens (including phenoxy) is 2. The first-order chi connectivity index (χ1) is 12.0.